The highest BCUT2D eigenvalue weighted by atomic mass is 19.1. The maximum atomic E-state index is 13.6. The van der Waals surface area contributed by atoms with Gasteiger partial charge in [-0.2, -0.15) is 0 Å². The Morgan fingerprint density at radius 3 is 2.63 bits per heavy atom. The Balaban J connectivity index is 1.37. The number of methoxy groups -OCH3 is 1. The van der Waals surface area contributed by atoms with E-state index < -0.39 is 0 Å². The quantitative estimate of drug-likeness (QED) is 0.611. The predicted molar refractivity (Wildman–Crippen MR) is 113 cm³/mol. The Kier molecular flexibility index (Phi) is 6.11. The first-order valence-corrected chi connectivity index (χ1v) is 10.2. The third-order valence-electron chi connectivity index (χ3n) is 5.65. The second-order valence-corrected chi connectivity index (χ2v) is 7.76. The summed E-state index contributed by atoms with van der Waals surface area (Å²) in [5, 5.41) is 8.52. The van der Waals surface area contributed by atoms with Crippen molar-refractivity contribution in [2.24, 2.45) is 0 Å². The van der Waals surface area contributed by atoms with Gasteiger partial charge in [0.05, 0.1) is 13.2 Å². The number of nitrogens with zero attached hydrogens (tertiary/aromatic N) is 4. The van der Waals surface area contributed by atoms with Crippen molar-refractivity contribution < 1.29 is 13.5 Å². The van der Waals surface area contributed by atoms with Gasteiger partial charge in [-0.25, -0.2) is 4.39 Å². The lowest BCUT2D eigenvalue weighted by molar-refractivity contribution is 0.0871. The van der Waals surface area contributed by atoms with Crippen LogP contribution in [0, 0.1) is 12.7 Å². The molecule has 1 fully saturated rings. The number of aryl methyl sites for hydroxylation is 1. The molecule has 3 aromatic rings. The fourth-order valence-corrected chi connectivity index (χ4v) is 3.87. The first-order valence-electron chi connectivity index (χ1n) is 10.2. The van der Waals surface area contributed by atoms with E-state index in [1.165, 1.54) is 6.07 Å². The third-order valence-corrected chi connectivity index (χ3v) is 5.65. The lowest BCUT2D eigenvalue weighted by atomic mass is 10.1. The molecule has 2 heterocycles. The largest absolute Gasteiger partial charge is 0.496 e. The molecular formula is C23H27FN4O2. The molecular weight excluding hydrogens is 383 g/mol. The van der Waals surface area contributed by atoms with E-state index in [0.29, 0.717) is 18.3 Å². The highest BCUT2D eigenvalue weighted by molar-refractivity contribution is 5.53. The van der Waals surface area contributed by atoms with Gasteiger partial charge in [-0.15, -0.1) is 10.2 Å². The van der Waals surface area contributed by atoms with E-state index in [1.807, 2.05) is 31.2 Å². The van der Waals surface area contributed by atoms with Crippen LogP contribution in [0.15, 0.2) is 46.9 Å². The van der Waals surface area contributed by atoms with E-state index in [1.54, 1.807) is 19.2 Å². The molecule has 0 N–H and O–H groups in total. The van der Waals surface area contributed by atoms with Gasteiger partial charge in [0.2, 0.25) is 11.8 Å². The molecule has 1 atom stereocenters. The Bertz CT molecular complexity index is 998. The predicted octanol–water partition coefficient (Wildman–Crippen LogP) is 4.07. The smallest absolute Gasteiger partial charge is 0.247 e. The van der Waals surface area contributed by atoms with Gasteiger partial charge in [-0.1, -0.05) is 17.7 Å². The standard InChI is InChI=1S/C23H27FN4O2/c1-16-5-4-6-18(13-16)23-26-25-22(30-23)17(2)28-11-9-27(10-12-28)15-19-14-20(24)7-8-21(19)29-3/h4-8,13-14,17H,9-12,15H2,1-3H3/t17-/m1/s1. The summed E-state index contributed by atoms with van der Waals surface area (Å²) in [6, 6.07) is 12.8. The summed E-state index contributed by atoms with van der Waals surface area (Å²) >= 11 is 0. The molecule has 1 aliphatic heterocycles. The van der Waals surface area contributed by atoms with E-state index in [9.17, 15) is 4.39 Å². The zero-order valence-corrected chi connectivity index (χ0v) is 17.6. The number of piperazine rings is 1. The second-order valence-electron chi connectivity index (χ2n) is 7.76. The molecule has 0 amide bonds. The molecule has 1 saturated heterocycles. The van der Waals surface area contributed by atoms with E-state index in [2.05, 4.69) is 26.9 Å². The van der Waals surface area contributed by atoms with E-state index in [-0.39, 0.29) is 11.9 Å². The Morgan fingerprint density at radius 1 is 1.10 bits per heavy atom. The molecule has 30 heavy (non-hydrogen) atoms. The highest BCUT2D eigenvalue weighted by Crippen LogP contribution is 2.26. The summed E-state index contributed by atoms with van der Waals surface area (Å²) < 4.78 is 25.0. The molecule has 6 nitrogen and oxygen atoms in total. The van der Waals surface area contributed by atoms with Crippen molar-refractivity contribution in [2.75, 3.05) is 33.3 Å². The van der Waals surface area contributed by atoms with Crippen LogP contribution in [0.4, 0.5) is 4.39 Å². The van der Waals surface area contributed by atoms with Gasteiger partial charge in [-0.3, -0.25) is 9.80 Å². The van der Waals surface area contributed by atoms with Gasteiger partial charge < -0.3 is 9.15 Å². The third kappa shape index (κ3) is 4.52. The van der Waals surface area contributed by atoms with Crippen LogP contribution in [0.25, 0.3) is 11.5 Å². The van der Waals surface area contributed by atoms with E-state index in [0.717, 1.165) is 48.6 Å². The van der Waals surface area contributed by atoms with Crippen LogP contribution in [0.5, 0.6) is 5.75 Å². The zero-order chi connectivity index (χ0) is 21.1. The normalized spacial score (nSPS) is 16.5. The number of ether oxygens (including phenoxy) is 1. The van der Waals surface area contributed by atoms with Gasteiger partial charge >= 0.3 is 0 Å². The second kappa shape index (κ2) is 8.93. The average molecular weight is 410 g/mol. The molecule has 0 saturated carbocycles. The van der Waals surface area contributed by atoms with Gasteiger partial charge in [0.25, 0.3) is 0 Å². The first-order chi connectivity index (χ1) is 14.5. The van der Waals surface area contributed by atoms with Crippen molar-refractivity contribution in [1.29, 1.82) is 0 Å². The number of hydrogen-bond donors (Lipinski definition) is 0. The summed E-state index contributed by atoms with van der Waals surface area (Å²) in [6.45, 7) is 8.32. The lowest BCUT2D eigenvalue weighted by Crippen LogP contribution is -2.46. The number of benzene rings is 2. The molecule has 4 rings (SSSR count). The van der Waals surface area contributed by atoms with Gasteiger partial charge in [0.1, 0.15) is 11.6 Å². The summed E-state index contributed by atoms with van der Waals surface area (Å²) in [5.74, 6) is 1.67. The summed E-state index contributed by atoms with van der Waals surface area (Å²) in [5.41, 5.74) is 2.97. The molecule has 0 radical (unpaired) electrons. The van der Waals surface area contributed by atoms with Crippen molar-refractivity contribution in [3.05, 3.63) is 65.3 Å². The van der Waals surface area contributed by atoms with Crippen molar-refractivity contribution in [3.63, 3.8) is 0 Å². The molecule has 2 aromatic carbocycles. The highest BCUT2D eigenvalue weighted by Gasteiger charge is 2.26. The van der Waals surface area contributed by atoms with Gasteiger partial charge in [0, 0.05) is 43.9 Å². The van der Waals surface area contributed by atoms with Crippen molar-refractivity contribution in [1.82, 2.24) is 20.0 Å². The summed E-state index contributed by atoms with van der Waals surface area (Å²) in [7, 11) is 1.62. The van der Waals surface area contributed by atoms with Crippen LogP contribution in [0.1, 0.15) is 30.0 Å². The minimum absolute atomic E-state index is 0.0434. The molecule has 7 heteroatoms. The number of hydrogen-bond acceptors (Lipinski definition) is 6. The SMILES string of the molecule is COc1ccc(F)cc1CN1CCN([C@H](C)c2nnc(-c3cccc(C)c3)o2)CC1. The monoisotopic (exact) mass is 410 g/mol. The van der Waals surface area contributed by atoms with Crippen LogP contribution >= 0.6 is 0 Å². The minimum atomic E-state index is -0.237. The number of halogens is 1. The van der Waals surface area contributed by atoms with Crippen molar-refractivity contribution >= 4 is 0 Å². The molecule has 1 aromatic heterocycles. The molecule has 1 aliphatic rings. The number of aromatic nitrogens is 2. The zero-order valence-electron chi connectivity index (χ0n) is 17.6. The average Bonchev–Trinajstić information content (AvgIpc) is 3.24. The molecule has 0 unspecified atom stereocenters. The maximum Gasteiger partial charge on any atom is 0.247 e. The number of rotatable bonds is 6. The minimum Gasteiger partial charge on any atom is -0.496 e. The summed E-state index contributed by atoms with van der Waals surface area (Å²) in [4.78, 5) is 4.65. The molecule has 0 spiro atoms. The fourth-order valence-electron chi connectivity index (χ4n) is 3.87. The van der Waals surface area contributed by atoms with E-state index in [4.69, 9.17) is 9.15 Å². The molecule has 0 bridgehead atoms. The van der Waals surface area contributed by atoms with Crippen LogP contribution in [-0.2, 0) is 6.54 Å². The summed E-state index contributed by atoms with van der Waals surface area (Å²) in [6.07, 6.45) is 0. The maximum absolute atomic E-state index is 13.6. The van der Waals surface area contributed by atoms with Gasteiger partial charge in [0.15, 0.2) is 0 Å². The van der Waals surface area contributed by atoms with Crippen molar-refractivity contribution in [2.45, 2.75) is 26.4 Å². The van der Waals surface area contributed by atoms with Crippen LogP contribution in [-0.4, -0.2) is 53.3 Å². The van der Waals surface area contributed by atoms with E-state index >= 15 is 0 Å². The Labute approximate surface area is 176 Å². The van der Waals surface area contributed by atoms with Crippen LogP contribution in [0.2, 0.25) is 0 Å². The topological polar surface area (TPSA) is 54.6 Å². The van der Waals surface area contributed by atoms with Crippen LogP contribution < -0.4 is 4.74 Å². The van der Waals surface area contributed by atoms with Gasteiger partial charge in [-0.05, 0) is 44.2 Å². The molecule has 0 aliphatic carbocycles. The molecule has 158 valence electrons. The Hall–Kier alpha value is -2.77. The Morgan fingerprint density at radius 2 is 1.90 bits per heavy atom. The fraction of sp³-hybridized carbons (Fsp3) is 0.391. The first kappa shape index (κ1) is 20.5. The lowest BCUT2D eigenvalue weighted by Gasteiger charge is -2.37. The van der Waals surface area contributed by atoms with Crippen LogP contribution in [0.3, 0.4) is 0 Å². The van der Waals surface area contributed by atoms with Crippen molar-refractivity contribution in [3.8, 4) is 17.2 Å².